The Bertz CT molecular complexity index is 369. The summed E-state index contributed by atoms with van der Waals surface area (Å²) in [5.74, 6) is 1.69. The Morgan fingerprint density at radius 1 is 1.35 bits per heavy atom. The highest BCUT2D eigenvalue weighted by Crippen LogP contribution is 2.57. The lowest BCUT2D eigenvalue weighted by Crippen LogP contribution is -2.24. The second-order valence-electron chi connectivity index (χ2n) is 5.61. The highest BCUT2D eigenvalue weighted by Gasteiger charge is 2.50. The molecule has 2 atom stereocenters. The van der Waals surface area contributed by atoms with Crippen LogP contribution in [-0.4, -0.2) is 13.7 Å². The van der Waals surface area contributed by atoms with Crippen LogP contribution in [0.1, 0.15) is 38.8 Å². The van der Waals surface area contributed by atoms with E-state index < -0.39 is 0 Å². The standard InChI is InChI=1S/C15H23NO/c1-5-16-14(13-10-15(13,2)3)11-6-8-12(17-4)9-7-11/h6-9,13-14,16H,5,10H2,1-4H3. The molecule has 1 aliphatic carbocycles. The molecule has 1 aromatic rings. The van der Waals surface area contributed by atoms with Crippen LogP contribution in [-0.2, 0) is 0 Å². The van der Waals surface area contributed by atoms with E-state index >= 15 is 0 Å². The molecule has 2 rings (SSSR count). The van der Waals surface area contributed by atoms with Gasteiger partial charge in [0.15, 0.2) is 0 Å². The lowest BCUT2D eigenvalue weighted by atomic mass is 9.97. The number of hydrogen-bond acceptors (Lipinski definition) is 2. The van der Waals surface area contributed by atoms with E-state index in [0.29, 0.717) is 11.5 Å². The Labute approximate surface area is 104 Å². The minimum Gasteiger partial charge on any atom is -0.497 e. The minimum absolute atomic E-state index is 0.487. The molecular formula is C15H23NO. The van der Waals surface area contributed by atoms with Crippen molar-refractivity contribution in [3.8, 4) is 5.75 Å². The van der Waals surface area contributed by atoms with Gasteiger partial charge in [-0.2, -0.15) is 0 Å². The summed E-state index contributed by atoms with van der Waals surface area (Å²) in [6.45, 7) is 7.90. The largest absolute Gasteiger partial charge is 0.497 e. The first kappa shape index (κ1) is 12.4. The normalized spacial score (nSPS) is 23.2. The molecule has 2 nitrogen and oxygen atoms in total. The molecule has 1 aliphatic rings. The van der Waals surface area contributed by atoms with Crippen LogP contribution in [0.15, 0.2) is 24.3 Å². The Morgan fingerprint density at radius 2 is 1.94 bits per heavy atom. The summed E-state index contributed by atoms with van der Waals surface area (Å²) in [5.41, 5.74) is 1.87. The Morgan fingerprint density at radius 3 is 2.35 bits per heavy atom. The van der Waals surface area contributed by atoms with Crippen molar-refractivity contribution < 1.29 is 4.74 Å². The summed E-state index contributed by atoms with van der Waals surface area (Å²) in [7, 11) is 1.71. The maximum Gasteiger partial charge on any atom is 0.118 e. The van der Waals surface area contributed by atoms with E-state index in [1.165, 1.54) is 12.0 Å². The SMILES string of the molecule is CCNC(c1ccc(OC)cc1)C1CC1(C)C. The van der Waals surface area contributed by atoms with Crippen molar-refractivity contribution in [1.29, 1.82) is 0 Å². The van der Waals surface area contributed by atoms with Crippen LogP contribution in [0.2, 0.25) is 0 Å². The van der Waals surface area contributed by atoms with Crippen molar-refractivity contribution in [3.05, 3.63) is 29.8 Å². The zero-order chi connectivity index (χ0) is 12.5. The lowest BCUT2D eigenvalue weighted by molar-refractivity contribution is 0.410. The van der Waals surface area contributed by atoms with E-state index in [2.05, 4.69) is 50.4 Å². The molecule has 0 heterocycles. The van der Waals surface area contributed by atoms with E-state index in [9.17, 15) is 0 Å². The molecule has 0 saturated heterocycles. The molecule has 0 radical (unpaired) electrons. The zero-order valence-corrected chi connectivity index (χ0v) is 11.3. The first-order chi connectivity index (χ1) is 8.08. The summed E-state index contributed by atoms with van der Waals surface area (Å²) in [6, 6.07) is 8.95. The van der Waals surface area contributed by atoms with Gasteiger partial charge in [0.2, 0.25) is 0 Å². The second kappa shape index (κ2) is 4.69. The Balaban J connectivity index is 2.15. The van der Waals surface area contributed by atoms with Gasteiger partial charge in [0.25, 0.3) is 0 Å². The van der Waals surface area contributed by atoms with Gasteiger partial charge in [-0.25, -0.2) is 0 Å². The lowest BCUT2D eigenvalue weighted by Gasteiger charge is -2.20. The summed E-state index contributed by atoms with van der Waals surface area (Å²) < 4.78 is 5.21. The van der Waals surface area contributed by atoms with Crippen molar-refractivity contribution in [1.82, 2.24) is 5.32 Å². The third kappa shape index (κ3) is 2.63. The van der Waals surface area contributed by atoms with Crippen LogP contribution >= 0.6 is 0 Å². The topological polar surface area (TPSA) is 21.3 Å². The van der Waals surface area contributed by atoms with Gasteiger partial charge < -0.3 is 10.1 Å². The van der Waals surface area contributed by atoms with Gasteiger partial charge in [-0.05, 0) is 42.0 Å². The summed E-state index contributed by atoms with van der Waals surface area (Å²) in [5, 5.41) is 3.61. The quantitative estimate of drug-likeness (QED) is 0.841. The minimum atomic E-state index is 0.487. The van der Waals surface area contributed by atoms with Crippen molar-refractivity contribution in [3.63, 3.8) is 0 Å². The van der Waals surface area contributed by atoms with E-state index in [0.717, 1.165) is 18.2 Å². The first-order valence-electron chi connectivity index (χ1n) is 6.46. The fraction of sp³-hybridized carbons (Fsp3) is 0.600. The van der Waals surface area contributed by atoms with Crippen LogP contribution < -0.4 is 10.1 Å². The summed E-state index contributed by atoms with van der Waals surface area (Å²) in [4.78, 5) is 0. The molecule has 2 heteroatoms. The number of hydrogen-bond donors (Lipinski definition) is 1. The van der Waals surface area contributed by atoms with E-state index in [4.69, 9.17) is 4.74 Å². The molecule has 17 heavy (non-hydrogen) atoms. The average Bonchev–Trinajstić information content (AvgIpc) is 2.95. The maximum absolute atomic E-state index is 5.21. The van der Waals surface area contributed by atoms with Crippen LogP contribution in [0.3, 0.4) is 0 Å². The van der Waals surface area contributed by atoms with Gasteiger partial charge in [-0.15, -0.1) is 0 Å². The van der Waals surface area contributed by atoms with Crippen LogP contribution in [0.4, 0.5) is 0 Å². The average molecular weight is 233 g/mol. The third-order valence-corrected chi connectivity index (χ3v) is 3.89. The fourth-order valence-electron chi connectivity index (χ4n) is 2.60. The number of nitrogens with one attached hydrogen (secondary N) is 1. The monoisotopic (exact) mass is 233 g/mol. The van der Waals surface area contributed by atoms with Gasteiger partial charge in [-0.3, -0.25) is 0 Å². The van der Waals surface area contributed by atoms with Gasteiger partial charge in [-0.1, -0.05) is 32.9 Å². The molecule has 0 aromatic heterocycles. The van der Waals surface area contributed by atoms with Gasteiger partial charge in [0.05, 0.1) is 7.11 Å². The molecule has 0 spiro atoms. The van der Waals surface area contributed by atoms with Crippen molar-refractivity contribution in [2.75, 3.05) is 13.7 Å². The maximum atomic E-state index is 5.21. The molecule has 0 amide bonds. The number of benzene rings is 1. The van der Waals surface area contributed by atoms with E-state index in [1.807, 2.05) is 0 Å². The molecule has 2 unspecified atom stereocenters. The van der Waals surface area contributed by atoms with Gasteiger partial charge in [0, 0.05) is 6.04 Å². The summed E-state index contributed by atoms with van der Waals surface area (Å²) >= 11 is 0. The molecule has 94 valence electrons. The predicted molar refractivity (Wildman–Crippen MR) is 71.3 cm³/mol. The fourth-order valence-corrected chi connectivity index (χ4v) is 2.60. The van der Waals surface area contributed by atoms with Crippen LogP contribution in [0, 0.1) is 11.3 Å². The first-order valence-corrected chi connectivity index (χ1v) is 6.46. The van der Waals surface area contributed by atoms with Crippen molar-refractivity contribution in [2.45, 2.75) is 33.2 Å². The smallest absolute Gasteiger partial charge is 0.118 e. The van der Waals surface area contributed by atoms with Gasteiger partial charge in [0.1, 0.15) is 5.75 Å². The molecule has 1 aromatic carbocycles. The van der Waals surface area contributed by atoms with Gasteiger partial charge >= 0.3 is 0 Å². The molecule has 0 aliphatic heterocycles. The number of methoxy groups -OCH3 is 1. The third-order valence-electron chi connectivity index (χ3n) is 3.89. The van der Waals surface area contributed by atoms with Crippen molar-refractivity contribution >= 4 is 0 Å². The number of ether oxygens (including phenoxy) is 1. The van der Waals surface area contributed by atoms with Crippen molar-refractivity contribution in [2.24, 2.45) is 11.3 Å². The molecular weight excluding hydrogens is 210 g/mol. The molecule has 1 fully saturated rings. The van der Waals surface area contributed by atoms with E-state index in [1.54, 1.807) is 7.11 Å². The zero-order valence-electron chi connectivity index (χ0n) is 11.3. The predicted octanol–water partition coefficient (Wildman–Crippen LogP) is 3.39. The Kier molecular flexibility index (Phi) is 3.43. The second-order valence-corrected chi connectivity index (χ2v) is 5.61. The molecule has 1 N–H and O–H groups in total. The molecule has 1 saturated carbocycles. The number of rotatable bonds is 5. The van der Waals surface area contributed by atoms with Crippen LogP contribution in [0.5, 0.6) is 5.75 Å². The highest BCUT2D eigenvalue weighted by molar-refractivity contribution is 5.30. The summed E-state index contributed by atoms with van der Waals surface area (Å²) in [6.07, 6.45) is 1.32. The van der Waals surface area contributed by atoms with Crippen LogP contribution in [0.25, 0.3) is 0 Å². The Hall–Kier alpha value is -1.02. The molecule has 0 bridgehead atoms. The van der Waals surface area contributed by atoms with E-state index in [-0.39, 0.29) is 0 Å². The highest BCUT2D eigenvalue weighted by atomic mass is 16.5.